The number of nitrogens with two attached hydrogens (primary N) is 1. The second kappa shape index (κ2) is 6.37. The van der Waals surface area contributed by atoms with Gasteiger partial charge >= 0.3 is 0 Å². The number of nitrogens with zero attached hydrogens (tertiary/aromatic N) is 2. The van der Waals surface area contributed by atoms with Crippen LogP contribution >= 0.6 is 0 Å². The quantitative estimate of drug-likeness (QED) is 0.706. The fourth-order valence-electron chi connectivity index (χ4n) is 1.27. The highest BCUT2D eigenvalue weighted by atomic mass is 16.5. The molecular formula is C11H19N3O. The van der Waals surface area contributed by atoms with Crippen molar-refractivity contribution in [2.24, 2.45) is 5.73 Å². The van der Waals surface area contributed by atoms with Gasteiger partial charge in [0, 0.05) is 19.3 Å². The van der Waals surface area contributed by atoms with E-state index in [9.17, 15) is 0 Å². The molecule has 0 saturated carbocycles. The Kier molecular flexibility index (Phi) is 5.07. The van der Waals surface area contributed by atoms with Gasteiger partial charge in [-0.05, 0) is 32.6 Å². The summed E-state index contributed by atoms with van der Waals surface area (Å²) in [6, 6.07) is 3.77. The van der Waals surface area contributed by atoms with E-state index in [2.05, 4.69) is 24.0 Å². The van der Waals surface area contributed by atoms with Gasteiger partial charge in [0.1, 0.15) is 5.75 Å². The van der Waals surface area contributed by atoms with Crippen molar-refractivity contribution in [1.82, 2.24) is 9.88 Å². The number of pyridine rings is 1. The Hall–Kier alpha value is -1.13. The Bertz CT molecular complexity index is 289. The van der Waals surface area contributed by atoms with Crippen LogP contribution in [0.3, 0.4) is 0 Å². The maximum absolute atomic E-state index is 5.61. The molecule has 0 atom stereocenters. The van der Waals surface area contributed by atoms with Gasteiger partial charge in [0.05, 0.1) is 12.3 Å². The fourth-order valence-corrected chi connectivity index (χ4v) is 1.27. The average molecular weight is 209 g/mol. The highest BCUT2D eigenvalue weighted by Crippen LogP contribution is 2.14. The minimum Gasteiger partial charge on any atom is -0.492 e. The van der Waals surface area contributed by atoms with Gasteiger partial charge in [-0.3, -0.25) is 4.98 Å². The summed E-state index contributed by atoms with van der Waals surface area (Å²) in [6.07, 6.45) is 2.74. The van der Waals surface area contributed by atoms with Gasteiger partial charge in [0.25, 0.3) is 0 Å². The lowest BCUT2D eigenvalue weighted by atomic mass is 10.3. The van der Waals surface area contributed by atoms with E-state index < -0.39 is 0 Å². The number of rotatable bonds is 6. The Morgan fingerprint density at radius 2 is 2.27 bits per heavy atom. The van der Waals surface area contributed by atoms with Crippen molar-refractivity contribution in [1.29, 1.82) is 0 Å². The van der Waals surface area contributed by atoms with Crippen LogP contribution in [-0.2, 0) is 6.54 Å². The molecule has 4 heteroatoms. The standard InChI is InChI=1S/C11H19N3O/c1-14(2)7-4-8-15-11-5-3-6-13-10(11)9-12/h3,5-6H,4,7-9,12H2,1-2H3. The Labute approximate surface area is 91.1 Å². The van der Waals surface area contributed by atoms with Crippen LogP contribution in [0.4, 0.5) is 0 Å². The van der Waals surface area contributed by atoms with Gasteiger partial charge in [-0.25, -0.2) is 0 Å². The predicted octanol–water partition coefficient (Wildman–Crippen LogP) is 0.871. The molecule has 0 aliphatic carbocycles. The van der Waals surface area contributed by atoms with Crippen molar-refractivity contribution < 1.29 is 4.74 Å². The molecule has 0 fully saturated rings. The third-order valence-corrected chi connectivity index (χ3v) is 2.05. The molecule has 0 radical (unpaired) electrons. The van der Waals surface area contributed by atoms with Crippen molar-refractivity contribution in [3.63, 3.8) is 0 Å². The first-order valence-corrected chi connectivity index (χ1v) is 5.15. The van der Waals surface area contributed by atoms with Crippen LogP contribution in [0.1, 0.15) is 12.1 Å². The fraction of sp³-hybridized carbons (Fsp3) is 0.545. The van der Waals surface area contributed by atoms with Gasteiger partial charge in [-0.2, -0.15) is 0 Å². The summed E-state index contributed by atoms with van der Waals surface area (Å²) >= 11 is 0. The molecule has 0 unspecified atom stereocenters. The van der Waals surface area contributed by atoms with Gasteiger partial charge < -0.3 is 15.4 Å². The van der Waals surface area contributed by atoms with Crippen LogP contribution < -0.4 is 10.5 Å². The van der Waals surface area contributed by atoms with Crippen LogP contribution in [-0.4, -0.2) is 37.1 Å². The van der Waals surface area contributed by atoms with Crippen molar-refractivity contribution in [3.8, 4) is 5.75 Å². The van der Waals surface area contributed by atoms with Crippen LogP contribution in [0.5, 0.6) is 5.75 Å². The zero-order chi connectivity index (χ0) is 11.1. The molecule has 1 aromatic heterocycles. The minimum absolute atomic E-state index is 0.420. The molecule has 2 N–H and O–H groups in total. The maximum atomic E-state index is 5.61. The van der Waals surface area contributed by atoms with E-state index in [-0.39, 0.29) is 0 Å². The van der Waals surface area contributed by atoms with Crippen LogP contribution in [0.25, 0.3) is 0 Å². The van der Waals surface area contributed by atoms with E-state index in [4.69, 9.17) is 10.5 Å². The van der Waals surface area contributed by atoms with Crippen LogP contribution in [0.15, 0.2) is 18.3 Å². The normalized spacial score (nSPS) is 10.7. The molecule has 0 bridgehead atoms. The Morgan fingerprint density at radius 3 is 2.93 bits per heavy atom. The summed E-state index contributed by atoms with van der Waals surface area (Å²) in [5.41, 5.74) is 6.37. The number of hydrogen-bond donors (Lipinski definition) is 1. The van der Waals surface area contributed by atoms with E-state index >= 15 is 0 Å². The average Bonchev–Trinajstić information content (AvgIpc) is 2.24. The van der Waals surface area contributed by atoms with E-state index in [0.717, 1.165) is 24.4 Å². The largest absolute Gasteiger partial charge is 0.492 e. The summed E-state index contributed by atoms with van der Waals surface area (Å²) in [5, 5.41) is 0. The molecule has 0 aliphatic heterocycles. The summed E-state index contributed by atoms with van der Waals surface area (Å²) in [6.45, 7) is 2.15. The second-order valence-electron chi connectivity index (χ2n) is 3.66. The molecule has 84 valence electrons. The van der Waals surface area contributed by atoms with Gasteiger partial charge in [0.2, 0.25) is 0 Å². The maximum Gasteiger partial charge on any atom is 0.142 e. The Morgan fingerprint density at radius 1 is 1.47 bits per heavy atom. The number of hydrogen-bond acceptors (Lipinski definition) is 4. The highest BCUT2D eigenvalue weighted by Gasteiger charge is 2.01. The summed E-state index contributed by atoms with van der Waals surface area (Å²) in [7, 11) is 4.10. The molecule has 0 spiro atoms. The highest BCUT2D eigenvalue weighted by molar-refractivity contribution is 5.26. The SMILES string of the molecule is CN(C)CCCOc1cccnc1CN. The topological polar surface area (TPSA) is 51.4 Å². The minimum atomic E-state index is 0.420. The summed E-state index contributed by atoms with van der Waals surface area (Å²) < 4.78 is 5.61. The molecule has 1 aromatic rings. The summed E-state index contributed by atoms with van der Waals surface area (Å²) in [4.78, 5) is 6.29. The van der Waals surface area contributed by atoms with Crippen molar-refractivity contribution >= 4 is 0 Å². The van der Waals surface area contributed by atoms with Gasteiger partial charge in [-0.1, -0.05) is 0 Å². The first-order chi connectivity index (χ1) is 7.24. The number of ether oxygens (including phenoxy) is 1. The molecule has 0 aromatic carbocycles. The van der Waals surface area contributed by atoms with E-state index in [1.165, 1.54) is 0 Å². The van der Waals surface area contributed by atoms with Crippen LogP contribution in [0, 0.1) is 0 Å². The second-order valence-corrected chi connectivity index (χ2v) is 3.66. The van der Waals surface area contributed by atoms with Crippen molar-refractivity contribution in [3.05, 3.63) is 24.0 Å². The monoisotopic (exact) mass is 209 g/mol. The predicted molar refractivity (Wildman–Crippen MR) is 60.8 cm³/mol. The first-order valence-electron chi connectivity index (χ1n) is 5.15. The molecular weight excluding hydrogens is 190 g/mol. The van der Waals surface area contributed by atoms with Gasteiger partial charge in [-0.15, -0.1) is 0 Å². The van der Waals surface area contributed by atoms with E-state index in [1.807, 2.05) is 12.1 Å². The lowest BCUT2D eigenvalue weighted by Crippen LogP contribution is -2.16. The third-order valence-electron chi connectivity index (χ3n) is 2.05. The smallest absolute Gasteiger partial charge is 0.142 e. The first kappa shape index (κ1) is 11.9. The lowest BCUT2D eigenvalue weighted by Gasteiger charge is -2.11. The molecule has 0 aliphatic rings. The molecule has 4 nitrogen and oxygen atoms in total. The Balaban J connectivity index is 2.36. The molecule has 0 amide bonds. The van der Waals surface area contributed by atoms with E-state index in [1.54, 1.807) is 6.20 Å². The van der Waals surface area contributed by atoms with Crippen molar-refractivity contribution in [2.45, 2.75) is 13.0 Å². The van der Waals surface area contributed by atoms with Crippen molar-refractivity contribution in [2.75, 3.05) is 27.2 Å². The zero-order valence-corrected chi connectivity index (χ0v) is 9.44. The summed E-state index contributed by atoms with van der Waals surface area (Å²) in [5.74, 6) is 0.804. The molecule has 1 heterocycles. The number of aromatic nitrogens is 1. The lowest BCUT2D eigenvalue weighted by molar-refractivity contribution is 0.278. The van der Waals surface area contributed by atoms with Crippen LogP contribution in [0.2, 0.25) is 0 Å². The van der Waals surface area contributed by atoms with E-state index in [0.29, 0.717) is 13.2 Å². The molecule has 0 saturated heterocycles. The third kappa shape index (κ3) is 4.27. The van der Waals surface area contributed by atoms with Gasteiger partial charge in [0.15, 0.2) is 0 Å². The molecule has 1 rings (SSSR count). The molecule has 15 heavy (non-hydrogen) atoms. The zero-order valence-electron chi connectivity index (χ0n) is 9.44.